The van der Waals surface area contributed by atoms with E-state index in [9.17, 15) is 19.3 Å². The summed E-state index contributed by atoms with van der Waals surface area (Å²) < 4.78 is 23.6. The fourth-order valence-electron chi connectivity index (χ4n) is 1.35. The number of rotatable bonds is 5. The van der Waals surface area contributed by atoms with E-state index in [2.05, 4.69) is 5.32 Å². The first kappa shape index (κ1) is 16.7. The molecule has 0 aliphatic heterocycles. The number of carbonyl (C=O) groups is 1. The number of amides is 1. The number of hydrogen-bond acceptors (Lipinski definition) is 5. The zero-order chi connectivity index (χ0) is 16.0. The van der Waals surface area contributed by atoms with Crippen molar-refractivity contribution in [1.29, 1.82) is 0 Å². The molecule has 0 aromatic heterocycles. The third kappa shape index (κ3) is 6.07. The minimum atomic E-state index is -0.832. The lowest BCUT2D eigenvalue weighted by Gasteiger charge is -2.19. The Kier molecular flexibility index (Phi) is 5.45. The van der Waals surface area contributed by atoms with Crippen LogP contribution in [0.15, 0.2) is 18.2 Å². The molecule has 1 N–H and O–H groups in total. The van der Waals surface area contributed by atoms with Crippen LogP contribution in [0.3, 0.4) is 0 Å². The van der Waals surface area contributed by atoms with E-state index in [0.29, 0.717) is 0 Å². The van der Waals surface area contributed by atoms with Crippen molar-refractivity contribution in [3.63, 3.8) is 0 Å². The first-order valence-corrected chi connectivity index (χ1v) is 6.22. The van der Waals surface area contributed by atoms with E-state index in [4.69, 9.17) is 9.47 Å². The largest absolute Gasteiger partial charge is 0.489 e. The average molecular weight is 300 g/mol. The van der Waals surface area contributed by atoms with E-state index in [1.54, 1.807) is 20.8 Å². The maximum absolute atomic E-state index is 13.5. The molecule has 116 valence electrons. The quantitative estimate of drug-likeness (QED) is 0.513. The number of ether oxygens (including phenoxy) is 2. The topological polar surface area (TPSA) is 90.7 Å². The lowest BCUT2D eigenvalue weighted by atomic mass is 10.2. The van der Waals surface area contributed by atoms with Gasteiger partial charge in [0, 0.05) is 6.07 Å². The number of hydrogen-bond donors (Lipinski definition) is 1. The first-order chi connectivity index (χ1) is 9.69. The fourth-order valence-corrected chi connectivity index (χ4v) is 1.35. The molecule has 0 radical (unpaired) electrons. The van der Waals surface area contributed by atoms with Gasteiger partial charge in [-0.05, 0) is 26.8 Å². The number of halogens is 1. The summed E-state index contributed by atoms with van der Waals surface area (Å²) in [5.74, 6) is -0.951. The Bertz CT molecular complexity index is 528. The van der Waals surface area contributed by atoms with Gasteiger partial charge in [0.2, 0.25) is 0 Å². The SMILES string of the molecule is CC(C)(C)OC(=O)NCCOc1ccc([N+](=O)[O-])cc1F. The Morgan fingerprint density at radius 3 is 2.62 bits per heavy atom. The van der Waals surface area contributed by atoms with Crippen molar-refractivity contribution in [2.45, 2.75) is 26.4 Å². The van der Waals surface area contributed by atoms with Crippen LogP contribution in [0.1, 0.15) is 20.8 Å². The van der Waals surface area contributed by atoms with E-state index in [1.807, 2.05) is 0 Å². The predicted molar refractivity (Wildman–Crippen MR) is 72.8 cm³/mol. The fraction of sp³-hybridized carbons (Fsp3) is 0.462. The number of nitro benzene ring substituents is 1. The molecule has 0 fully saturated rings. The minimum Gasteiger partial charge on any atom is -0.489 e. The Balaban J connectivity index is 2.40. The summed E-state index contributed by atoms with van der Waals surface area (Å²) >= 11 is 0. The van der Waals surface area contributed by atoms with E-state index in [-0.39, 0.29) is 24.6 Å². The van der Waals surface area contributed by atoms with Gasteiger partial charge in [-0.2, -0.15) is 0 Å². The van der Waals surface area contributed by atoms with Crippen LogP contribution in [0.25, 0.3) is 0 Å². The third-order valence-corrected chi connectivity index (χ3v) is 2.15. The standard InChI is InChI=1S/C13H17FN2O5/c1-13(2,3)21-12(17)15-6-7-20-11-5-4-9(16(18)19)8-10(11)14/h4-5,8H,6-7H2,1-3H3,(H,15,17). The monoisotopic (exact) mass is 300 g/mol. The van der Waals surface area contributed by atoms with Gasteiger partial charge < -0.3 is 14.8 Å². The molecule has 1 rings (SSSR count). The van der Waals surface area contributed by atoms with Gasteiger partial charge in [0.25, 0.3) is 5.69 Å². The summed E-state index contributed by atoms with van der Waals surface area (Å²) in [6.07, 6.45) is -0.602. The highest BCUT2D eigenvalue weighted by Crippen LogP contribution is 2.22. The molecule has 0 unspecified atom stereocenters. The molecule has 1 aromatic rings. The van der Waals surface area contributed by atoms with E-state index in [1.165, 1.54) is 6.07 Å². The Morgan fingerprint density at radius 2 is 2.10 bits per heavy atom. The number of nitrogens with one attached hydrogen (secondary N) is 1. The van der Waals surface area contributed by atoms with Crippen molar-refractivity contribution in [1.82, 2.24) is 5.32 Å². The van der Waals surface area contributed by atoms with Crippen LogP contribution in [-0.2, 0) is 4.74 Å². The van der Waals surface area contributed by atoms with Gasteiger partial charge in [0.1, 0.15) is 12.2 Å². The van der Waals surface area contributed by atoms with Crippen LogP contribution in [0, 0.1) is 15.9 Å². The molecule has 0 aliphatic rings. The van der Waals surface area contributed by atoms with Gasteiger partial charge >= 0.3 is 6.09 Å². The number of nitro groups is 1. The van der Waals surface area contributed by atoms with Crippen molar-refractivity contribution in [2.75, 3.05) is 13.2 Å². The van der Waals surface area contributed by atoms with Crippen LogP contribution in [-0.4, -0.2) is 29.8 Å². The highest BCUT2D eigenvalue weighted by molar-refractivity contribution is 5.67. The van der Waals surface area contributed by atoms with Crippen molar-refractivity contribution < 1.29 is 23.6 Å². The van der Waals surface area contributed by atoms with Crippen LogP contribution in [0.2, 0.25) is 0 Å². The van der Waals surface area contributed by atoms with Crippen LogP contribution >= 0.6 is 0 Å². The molecule has 0 heterocycles. The molecule has 0 bridgehead atoms. The minimum absolute atomic E-state index is 0.00791. The summed E-state index contributed by atoms with van der Waals surface area (Å²) in [6, 6.07) is 3.08. The van der Waals surface area contributed by atoms with Gasteiger partial charge in [0.05, 0.1) is 17.5 Å². The summed E-state index contributed by atoms with van der Waals surface area (Å²) in [5.41, 5.74) is -0.957. The zero-order valence-corrected chi connectivity index (χ0v) is 12.0. The van der Waals surface area contributed by atoms with E-state index >= 15 is 0 Å². The molecule has 0 saturated carbocycles. The second-order valence-electron chi connectivity index (χ2n) is 5.15. The molecule has 8 heteroatoms. The third-order valence-electron chi connectivity index (χ3n) is 2.15. The van der Waals surface area contributed by atoms with Gasteiger partial charge in [-0.25, -0.2) is 9.18 Å². The normalized spacial score (nSPS) is 10.9. The second-order valence-corrected chi connectivity index (χ2v) is 5.15. The second kappa shape index (κ2) is 6.87. The van der Waals surface area contributed by atoms with Crippen molar-refractivity contribution >= 4 is 11.8 Å². The lowest BCUT2D eigenvalue weighted by molar-refractivity contribution is -0.385. The molecule has 7 nitrogen and oxygen atoms in total. The van der Waals surface area contributed by atoms with Crippen LogP contribution in [0.5, 0.6) is 5.75 Å². The molecule has 0 atom stereocenters. The Morgan fingerprint density at radius 1 is 1.43 bits per heavy atom. The number of carbonyl (C=O) groups excluding carboxylic acids is 1. The maximum atomic E-state index is 13.5. The summed E-state index contributed by atoms with van der Waals surface area (Å²) in [6.45, 7) is 5.32. The highest BCUT2D eigenvalue weighted by atomic mass is 19.1. The van der Waals surface area contributed by atoms with Crippen molar-refractivity contribution in [2.24, 2.45) is 0 Å². The first-order valence-electron chi connectivity index (χ1n) is 6.22. The molecule has 1 amide bonds. The smallest absolute Gasteiger partial charge is 0.407 e. The number of alkyl carbamates (subject to hydrolysis) is 1. The Hall–Kier alpha value is -2.38. The van der Waals surface area contributed by atoms with E-state index in [0.717, 1.165) is 12.1 Å². The number of non-ortho nitro benzene ring substituents is 1. The van der Waals surface area contributed by atoms with Gasteiger partial charge in [-0.1, -0.05) is 0 Å². The molecular formula is C13H17FN2O5. The number of nitrogens with zero attached hydrogens (tertiary/aromatic N) is 1. The molecule has 1 aromatic carbocycles. The van der Waals surface area contributed by atoms with Gasteiger partial charge in [-0.15, -0.1) is 0 Å². The average Bonchev–Trinajstić information content (AvgIpc) is 2.33. The van der Waals surface area contributed by atoms with Gasteiger partial charge in [-0.3, -0.25) is 10.1 Å². The van der Waals surface area contributed by atoms with E-state index < -0.39 is 22.4 Å². The highest BCUT2D eigenvalue weighted by Gasteiger charge is 2.16. The predicted octanol–water partition coefficient (Wildman–Crippen LogP) is 2.64. The van der Waals surface area contributed by atoms with Crippen molar-refractivity contribution in [3.8, 4) is 5.75 Å². The molecule has 0 aliphatic carbocycles. The van der Waals surface area contributed by atoms with Gasteiger partial charge in [0.15, 0.2) is 11.6 Å². The Labute approximate surface area is 121 Å². The molecular weight excluding hydrogens is 283 g/mol. The molecule has 21 heavy (non-hydrogen) atoms. The summed E-state index contributed by atoms with van der Waals surface area (Å²) in [4.78, 5) is 21.1. The van der Waals surface area contributed by atoms with Crippen LogP contribution in [0.4, 0.5) is 14.9 Å². The lowest BCUT2D eigenvalue weighted by Crippen LogP contribution is -2.34. The maximum Gasteiger partial charge on any atom is 0.407 e. The van der Waals surface area contributed by atoms with Crippen LogP contribution < -0.4 is 10.1 Å². The summed E-state index contributed by atoms with van der Waals surface area (Å²) in [5, 5.41) is 12.9. The summed E-state index contributed by atoms with van der Waals surface area (Å²) in [7, 11) is 0. The molecule has 0 spiro atoms. The molecule has 0 saturated heterocycles. The zero-order valence-electron chi connectivity index (χ0n) is 12.0. The number of benzene rings is 1. The van der Waals surface area contributed by atoms with Crippen molar-refractivity contribution in [3.05, 3.63) is 34.1 Å².